The van der Waals surface area contributed by atoms with Gasteiger partial charge in [0.2, 0.25) is 5.91 Å². The van der Waals surface area contributed by atoms with Gasteiger partial charge >= 0.3 is 11.9 Å². The van der Waals surface area contributed by atoms with Gasteiger partial charge in [-0.05, 0) is 33.6 Å². The number of hydrogen-bond acceptors (Lipinski definition) is 8. The highest BCUT2D eigenvalue weighted by Gasteiger charge is 2.40. The average Bonchev–Trinajstić information content (AvgIpc) is 2.85. The molecule has 0 unspecified atom stereocenters. The summed E-state index contributed by atoms with van der Waals surface area (Å²) < 4.78 is 9.93. The Balaban J connectivity index is -0.000000322. The molecule has 0 aromatic heterocycles. The van der Waals surface area contributed by atoms with E-state index in [1.807, 2.05) is 27.7 Å². The fourth-order valence-corrected chi connectivity index (χ4v) is 2.87. The van der Waals surface area contributed by atoms with Crippen molar-refractivity contribution in [1.82, 2.24) is 5.32 Å². The largest absolute Gasteiger partial charge is 0.481 e. The van der Waals surface area contributed by atoms with Crippen LogP contribution in [0, 0.1) is 10.8 Å². The Morgan fingerprint density at radius 2 is 1.37 bits per heavy atom. The van der Waals surface area contributed by atoms with Gasteiger partial charge in [0, 0.05) is 24.8 Å². The zero-order valence-corrected chi connectivity index (χ0v) is 25.3. The molecule has 0 radical (unpaired) electrons. The number of ether oxygens (including phenoxy) is 2. The molecule has 0 rings (SSSR count). The van der Waals surface area contributed by atoms with Gasteiger partial charge in [0.15, 0.2) is 5.78 Å². The summed E-state index contributed by atoms with van der Waals surface area (Å²) in [5, 5.41) is 20.8. The monoisotopic (exact) mass is 550 g/mol. The Labute approximate surface area is 229 Å². The first-order chi connectivity index (χ1) is 17.6. The van der Waals surface area contributed by atoms with Crippen molar-refractivity contribution in [2.45, 2.75) is 101 Å². The van der Waals surface area contributed by atoms with Crippen LogP contribution in [0.25, 0.3) is 0 Å². The van der Waals surface area contributed by atoms with Crippen LogP contribution in [0.5, 0.6) is 0 Å². The van der Waals surface area contributed by atoms with E-state index in [1.165, 1.54) is 20.8 Å². The second kappa shape index (κ2) is 24.9. The average molecular weight is 551 g/mol. The smallest absolute Gasteiger partial charge is 0.326 e. The van der Waals surface area contributed by atoms with E-state index in [9.17, 15) is 29.1 Å². The number of Topliss-reactive ketones (excluding diaryl/α,β-unsaturated/α-hetero) is 2. The first-order valence-electron chi connectivity index (χ1n) is 13.2. The molecule has 1 atom stereocenters. The van der Waals surface area contributed by atoms with Crippen LogP contribution in [-0.2, 0) is 33.4 Å². The molecule has 0 heterocycles. The molecule has 38 heavy (non-hydrogen) atoms. The third-order valence-corrected chi connectivity index (χ3v) is 4.73. The SMILES string of the molecule is CC.CC.CC(=O)COCCOCCN.CCC(=O)CC[C@H](NC(=O)C(C)(C)CC(C)(C)C(=O)O)C(=O)O. The lowest BCUT2D eigenvalue weighted by atomic mass is 9.74. The maximum Gasteiger partial charge on any atom is 0.326 e. The standard InChI is InChI=1S/C16H27NO6.C7H15NO3.2C2H6/c1-6-10(18)7-8-11(12(19)20)17-13(21)15(2,3)9-16(4,5)14(22)23;1-7(9)6-11-5-4-10-3-2-8;2*1-2/h11H,6-9H2,1-5H3,(H,17,21)(H,19,20)(H,22,23);2-6,8H2,1H3;2*1-2H3/t11-;;;/m0.../s1. The van der Waals surface area contributed by atoms with Crippen LogP contribution in [0.2, 0.25) is 0 Å². The number of carbonyl (C=O) groups is 5. The summed E-state index contributed by atoms with van der Waals surface area (Å²) in [7, 11) is 0. The van der Waals surface area contributed by atoms with Crippen molar-refractivity contribution in [1.29, 1.82) is 0 Å². The molecule has 0 fully saturated rings. The Kier molecular flexibility index (Phi) is 28.0. The molecule has 0 aromatic rings. The number of carbonyl (C=O) groups excluding carboxylic acids is 3. The molecule has 11 heteroatoms. The number of hydrogen-bond donors (Lipinski definition) is 4. The number of aliphatic carboxylic acids is 2. The number of carboxylic acid groups (broad SMARTS) is 2. The number of ketones is 2. The number of carboxylic acids is 2. The third kappa shape index (κ3) is 24.0. The summed E-state index contributed by atoms with van der Waals surface area (Å²) in [6.07, 6.45) is 0.473. The molecule has 0 aromatic carbocycles. The zero-order valence-electron chi connectivity index (χ0n) is 25.3. The van der Waals surface area contributed by atoms with E-state index >= 15 is 0 Å². The molecule has 0 aliphatic heterocycles. The van der Waals surface area contributed by atoms with E-state index < -0.39 is 34.7 Å². The lowest BCUT2D eigenvalue weighted by Gasteiger charge is -2.32. The molecule has 1 amide bonds. The molecular formula is C27H54N2O9. The van der Waals surface area contributed by atoms with Crippen LogP contribution in [0.1, 0.15) is 94.9 Å². The highest BCUT2D eigenvalue weighted by molar-refractivity contribution is 5.88. The summed E-state index contributed by atoms with van der Waals surface area (Å²) in [6, 6.07) is -1.16. The number of nitrogens with one attached hydrogen (secondary N) is 1. The Morgan fingerprint density at radius 1 is 0.868 bits per heavy atom. The lowest BCUT2D eigenvalue weighted by Crippen LogP contribution is -2.48. The molecule has 5 N–H and O–H groups in total. The van der Waals surface area contributed by atoms with E-state index in [2.05, 4.69) is 5.32 Å². The van der Waals surface area contributed by atoms with Crippen molar-refractivity contribution in [2.75, 3.05) is 33.0 Å². The topological polar surface area (TPSA) is 182 Å². The molecule has 0 saturated heterocycles. The van der Waals surface area contributed by atoms with Gasteiger partial charge in [-0.2, -0.15) is 0 Å². The first kappa shape index (κ1) is 42.7. The zero-order chi connectivity index (χ0) is 30.9. The van der Waals surface area contributed by atoms with Crippen LogP contribution >= 0.6 is 0 Å². The molecule has 0 aliphatic carbocycles. The fraction of sp³-hybridized carbons (Fsp3) is 0.815. The first-order valence-corrected chi connectivity index (χ1v) is 13.2. The molecule has 226 valence electrons. The highest BCUT2D eigenvalue weighted by Crippen LogP contribution is 2.34. The molecule has 0 saturated carbocycles. The van der Waals surface area contributed by atoms with Crippen molar-refractivity contribution in [2.24, 2.45) is 16.6 Å². The van der Waals surface area contributed by atoms with Crippen molar-refractivity contribution >= 4 is 29.4 Å². The van der Waals surface area contributed by atoms with Gasteiger partial charge in [-0.25, -0.2) is 4.79 Å². The van der Waals surface area contributed by atoms with Crippen LogP contribution < -0.4 is 11.1 Å². The van der Waals surface area contributed by atoms with Gasteiger partial charge in [-0.15, -0.1) is 0 Å². The third-order valence-electron chi connectivity index (χ3n) is 4.73. The molecule has 0 aliphatic rings. The van der Waals surface area contributed by atoms with Crippen LogP contribution in [0.15, 0.2) is 0 Å². The molecule has 0 spiro atoms. The Bertz CT molecular complexity index is 677. The Morgan fingerprint density at radius 3 is 1.76 bits per heavy atom. The lowest BCUT2D eigenvalue weighted by molar-refractivity contribution is -0.151. The second-order valence-corrected chi connectivity index (χ2v) is 9.20. The number of rotatable bonds is 17. The Hall–Kier alpha value is -2.37. The summed E-state index contributed by atoms with van der Waals surface area (Å²) in [5.41, 5.74) is 3.01. The van der Waals surface area contributed by atoms with Crippen molar-refractivity contribution in [3.8, 4) is 0 Å². The minimum absolute atomic E-state index is 0.0200. The summed E-state index contributed by atoms with van der Waals surface area (Å²) in [4.78, 5) is 56.4. The predicted molar refractivity (Wildman–Crippen MR) is 148 cm³/mol. The van der Waals surface area contributed by atoms with Crippen LogP contribution in [0.3, 0.4) is 0 Å². The van der Waals surface area contributed by atoms with Crippen LogP contribution in [-0.4, -0.2) is 78.6 Å². The van der Waals surface area contributed by atoms with Gasteiger partial charge in [-0.1, -0.05) is 48.5 Å². The van der Waals surface area contributed by atoms with E-state index in [4.69, 9.17) is 20.3 Å². The summed E-state index contributed by atoms with van der Waals surface area (Å²) >= 11 is 0. The van der Waals surface area contributed by atoms with E-state index in [1.54, 1.807) is 20.8 Å². The number of nitrogens with two attached hydrogens (primary N) is 1. The van der Waals surface area contributed by atoms with Gasteiger partial charge < -0.3 is 30.7 Å². The van der Waals surface area contributed by atoms with Crippen molar-refractivity contribution < 1.29 is 43.7 Å². The van der Waals surface area contributed by atoms with Gasteiger partial charge in [-0.3, -0.25) is 19.2 Å². The highest BCUT2D eigenvalue weighted by atomic mass is 16.5. The van der Waals surface area contributed by atoms with Gasteiger partial charge in [0.25, 0.3) is 0 Å². The summed E-state index contributed by atoms with van der Waals surface area (Å²) in [5.74, 6) is -2.82. The van der Waals surface area contributed by atoms with Crippen LogP contribution in [0.4, 0.5) is 0 Å². The quantitative estimate of drug-likeness (QED) is 0.196. The maximum atomic E-state index is 12.3. The maximum absolute atomic E-state index is 12.3. The minimum Gasteiger partial charge on any atom is -0.481 e. The predicted octanol–water partition coefficient (Wildman–Crippen LogP) is 3.46. The summed E-state index contributed by atoms with van der Waals surface area (Å²) in [6.45, 7) is 19.5. The van der Waals surface area contributed by atoms with Crippen molar-refractivity contribution in [3.63, 3.8) is 0 Å². The van der Waals surface area contributed by atoms with E-state index in [0.29, 0.717) is 32.8 Å². The normalized spacial score (nSPS) is 11.2. The van der Waals surface area contributed by atoms with E-state index in [-0.39, 0.29) is 37.4 Å². The van der Waals surface area contributed by atoms with Gasteiger partial charge in [0.05, 0.1) is 25.2 Å². The fourth-order valence-electron chi connectivity index (χ4n) is 2.87. The molecule has 0 bridgehead atoms. The van der Waals surface area contributed by atoms with E-state index in [0.717, 1.165) is 0 Å². The minimum atomic E-state index is -1.21. The molecular weight excluding hydrogens is 496 g/mol. The molecule has 11 nitrogen and oxygen atoms in total. The van der Waals surface area contributed by atoms with Crippen molar-refractivity contribution in [3.05, 3.63) is 0 Å². The second-order valence-electron chi connectivity index (χ2n) is 9.20. The van der Waals surface area contributed by atoms with Gasteiger partial charge in [0.1, 0.15) is 18.4 Å². The number of amides is 1.